The predicted molar refractivity (Wildman–Crippen MR) is 122 cm³/mol. The lowest BCUT2D eigenvalue weighted by Gasteiger charge is -2.37. The van der Waals surface area contributed by atoms with Crippen LogP contribution in [0.25, 0.3) is 0 Å². The molecule has 2 heterocycles. The molecule has 0 bridgehead atoms. The SMILES string of the molecule is CCOc1ccccc1N1CCN(CN2C(=O)[C@H](C)N(c3ccc(C)cc3)C2=O)CC1. The van der Waals surface area contributed by atoms with Gasteiger partial charge in [-0.1, -0.05) is 29.8 Å². The van der Waals surface area contributed by atoms with Crippen molar-refractivity contribution in [2.75, 3.05) is 49.3 Å². The summed E-state index contributed by atoms with van der Waals surface area (Å²) >= 11 is 0. The summed E-state index contributed by atoms with van der Waals surface area (Å²) in [5, 5.41) is 0. The second-order valence-electron chi connectivity index (χ2n) is 8.08. The van der Waals surface area contributed by atoms with Crippen LogP contribution in [-0.4, -0.2) is 67.2 Å². The molecule has 7 nitrogen and oxygen atoms in total. The number of hydrogen-bond donors (Lipinski definition) is 0. The third-order valence-corrected chi connectivity index (χ3v) is 5.98. The van der Waals surface area contributed by atoms with Crippen LogP contribution in [-0.2, 0) is 4.79 Å². The summed E-state index contributed by atoms with van der Waals surface area (Å²) < 4.78 is 5.77. The largest absolute Gasteiger partial charge is 0.492 e. The number of rotatable bonds is 6. The van der Waals surface area contributed by atoms with Crippen molar-refractivity contribution in [3.63, 3.8) is 0 Å². The molecule has 2 aliphatic heterocycles. The Morgan fingerprint density at radius 1 is 0.968 bits per heavy atom. The van der Waals surface area contributed by atoms with E-state index in [1.54, 1.807) is 11.8 Å². The summed E-state index contributed by atoms with van der Waals surface area (Å²) in [7, 11) is 0. The van der Waals surface area contributed by atoms with E-state index >= 15 is 0 Å². The molecule has 2 fully saturated rings. The molecule has 2 aliphatic rings. The van der Waals surface area contributed by atoms with Crippen molar-refractivity contribution in [2.24, 2.45) is 0 Å². The van der Waals surface area contributed by atoms with E-state index < -0.39 is 6.04 Å². The maximum Gasteiger partial charge on any atom is 0.333 e. The van der Waals surface area contributed by atoms with Gasteiger partial charge in [0.15, 0.2) is 0 Å². The van der Waals surface area contributed by atoms with Crippen molar-refractivity contribution in [2.45, 2.75) is 26.8 Å². The number of anilines is 2. The topological polar surface area (TPSA) is 56.3 Å². The highest BCUT2D eigenvalue weighted by Gasteiger charge is 2.44. The highest BCUT2D eigenvalue weighted by molar-refractivity contribution is 6.14. The molecule has 7 heteroatoms. The molecule has 3 amide bonds. The first-order valence-corrected chi connectivity index (χ1v) is 10.9. The minimum Gasteiger partial charge on any atom is -0.492 e. The second-order valence-corrected chi connectivity index (χ2v) is 8.08. The molecule has 0 spiro atoms. The van der Waals surface area contributed by atoms with Crippen LogP contribution in [0.5, 0.6) is 5.75 Å². The second kappa shape index (κ2) is 8.98. The number of aryl methyl sites for hydroxylation is 1. The summed E-state index contributed by atoms with van der Waals surface area (Å²) in [5.74, 6) is 0.751. The molecular formula is C24H30N4O3. The van der Waals surface area contributed by atoms with E-state index in [2.05, 4.69) is 15.9 Å². The Labute approximate surface area is 183 Å². The van der Waals surface area contributed by atoms with Gasteiger partial charge in [-0.15, -0.1) is 0 Å². The van der Waals surface area contributed by atoms with E-state index in [4.69, 9.17) is 4.74 Å². The molecule has 0 unspecified atom stereocenters. The molecule has 2 saturated heterocycles. The molecule has 2 aromatic rings. The fraction of sp³-hybridized carbons (Fsp3) is 0.417. The first kappa shape index (κ1) is 21.2. The molecule has 0 aromatic heterocycles. The van der Waals surface area contributed by atoms with Crippen LogP contribution >= 0.6 is 0 Å². The lowest BCUT2D eigenvalue weighted by Crippen LogP contribution is -2.51. The van der Waals surface area contributed by atoms with Gasteiger partial charge in [0, 0.05) is 31.9 Å². The quantitative estimate of drug-likeness (QED) is 0.669. The Kier molecular flexibility index (Phi) is 6.13. The van der Waals surface area contributed by atoms with Crippen LogP contribution < -0.4 is 14.5 Å². The molecule has 0 saturated carbocycles. The van der Waals surface area contributed by atoms with E-state index in [9.17, 15) is 9.59 Å². The summed E-state index contributed by atoms with van der Waals surface area (Å²) in [6, 6.07) is 15.1. The molecule has 0 radical (unpaired) electrons. The van der Waals surface area contributed by atoms with E-state index in [0.717, 1.165) is 48.9 Å². The maximum atomic E-state index is 13.1. The average molecular weight is 423 g/mol. The summed E-state index contributed by atoms with van der Waals surface area (Å²) in [5.41, 5.74) is 2.97. The molecule has 4 rings (SSSR count). The fourth-order valence-corrected chi connectivity index (χ4v) is 4.22. The number of piperazine rings is 1. The number of amides is 3. The fourth-order valence-electron chi connectivity index (χ4n) is 4.22. The van der Waals surface area contributed by atoms with Gasteiger partial charge in [0.05, 0.1) is 19.0 Å². The normalized spacial score (nSPS) is 20.0. The number of ether oxygens (including phenoxy) is 1. The molecule has 164 valence electrons. The third kappa shape index (κ3) is 4.23. The van der Waals surface area contributed by atoms with Crippen LogP contribution in [0.1, 0.15) is 19.4 Å². The molecule has 1 atom stereocenters. The standard InChI is InChI=1S/C24H30N4O3/c1-4-31-22-8-6-5-7-21(22)26-15-13-25(14-16-26)17-27-23(29)19(3)28(24(27)30)20-11-9-18(2)10-12-20/h5-12,19H,4,13-17H2,1-3H3/t19-/m0/s1. The van der Waals surface area contributed by atoms with Gasteiger partial charge in [-0.05, 0) is 45.0 Å². The van der Waals surface area contributed by atoms with Crippen LogP contribution in [0.2, 0.25) is 0 Å². The smallest absolute Gasteiger partial charge is 0.333 e. The maximum absolute atomic E-state index is 13.1. The van der Waals surface area contributed by atoms with Gasteiger partial charge in [0.25, 0.3) is 5.91 Å². The molecule has 31 heavy (non-hydrogen) atoms. The number of carbonyl (C=O) groups is 2. The van der Waals surface area contributed by atoms with Gasteiger partial charge in [-0.3, -0.25) is 14.6 Å². The number of urea groups is 1. The number of imide groups is 1. The zero-order valence-electron chi connectivity index (χ0n) is 18.5. The Bertz CT molecular complexity index is 938. The Balaban J connectivity index is 1.40. The highest BCUT2D eigenvalue weighted by atomic mass is 16.5. The predicted octanol–water partition coefficient (Wildman–Crippen LogP) is 3.33. The zero-order valence-corrected chi connectivity index (χ0v) is 18.5. The monoisotopic (exact) mass is 422 g/mol. The first-order chi connectivity index (χ1) is 15.0. The van der Waals surface area contributed by atoms with Gasteiger partial charge in [0.2, 0.25) is 0 Å². The number of benzene rings is 2. The Morgan fingerprint density at radius 3 is 2.32 bits per heavy atom. The lowest BCUT2D eigenvalue weighted by atomic mass is 10.2. The minimum absolute atomic E-state index is 0.144. The number of para-hydroxylation sites is 2. The van der Waals surface area contributed by atoms with Crippen molar-refractivity contribution in [3.8, 4) is 5.75 Å². The Hall–Kier alpha value is -3.06. The van der Waals surface area contributed by atoms with Crippen molar-refractivity contribution in [3.05, 3.63) is 54.1 Å². The van der Waals surface area contributed by atoms with Gasteiger partial charge in [-0.25, -0.2) is 9.69 Å². The van der Waals surface area contributed by atoms with E-state index in [1.165, 1.54) is 4.90 Å². The van der Waals surface area contributed by atoms with Crippen LogP contribution in [0, 0.1) is 6.92 Å². The zero-order chi connectivity index (χ0) is 22.0. The van der Waals surface area contributed by atoms with E-state index in [0.29, 0.717) is 13.3 Å². The van der Waals surface area contributed by atoms with Gasteiger partial charge >= 0.3 is 6.03 Å². The van der Waals surface area contributed by atoms with Crippen molar-refractivity contribution >= 4 is 23.3 Å². The summed E-state index contributed by atoms with van der Waals surface area (Å²) in [6.45, 7) is 9.92. The molecular weight excluding hydrogens is 392 g/mol. The van der Waals surface area contributed by atoms with E-state index in [-0.39, 0.29) is 11.9 Å². The lowest BCUT2D eigenvalue weighted by molar-refractivity contribution is -0.128. The molecule has 0 N–H and O–H groups in total. The average Bonchev–Trinajstić information content (AvgIpc) is 2.99. The number of carbonyl (C=O) groups excluding carboxylic acids is 2. The molecule has 2 aromatic carbocycles. The summed E-state index contributed by atoms with van der Waals surface area (Å²) in [4.78, 5) is 33.4. The highest BCUT2D eigenvalue weighted by Crippen LogP contribution is 2.30. The van der Waals surface area contributed by atoms with E-state index in [1.807, 2.05) is 56.3 Å². The minimum atomic E-state index is -0.491. The number of hydrogen-bond acceptors (Lipinski definition) is 5. The number of nitrogens with zero attached hydrogens (tertiary/aromatic N) is 4. The van der Waals surface area contributed by atoms with Crippen molar-refractivity contribution in [1.29, 1.82) is 0 Å². The van der Waals surface area contributed by atoms with Crippen LogP contribution in [0.15, 0.2) is 48.5 Å². The van der Waals surface area contributed by atoms with Crippen molar-refractivity contribution < 1.29 is 14.3 Å². The Morgan fingerprint density at radius 2 is 1.65 bits per heavy atom. The summed E-state index contributed by atoms with van der Waals surface area (Å²) in [6.07, 6.45) is 0. The van der Waals surface area contributed by atoms with Crippen LogP contribution in [0.3, 0.4) is 0 Å². The third-order valence-electron chi connectivity index (χ3n) is 5.98. The van der Waals surface area contributed by atoms with Crippen molar-refractivity contribution in [1.82, 2.24) is 9.80 Å². The van der Waals surface area contributed by atoms with Crippen LogP contribution in [0.4, 0.5) is 16.2 Å². The van der Waals surface area contributed by atoms with Gasteiger partial charge in [0.1, 0.15) is 11.8 Å². The molecule has 0 aliphatic carbocycles. The van der Waals surface area contributed by atoms with Gasteiger partial charge < -0.3 is 9.64 Å². The first-order valence-electron chi connectivity index (χ1n) is 10.9. The van der Waals surface area contributed by atoms with Gasteiger partial charge in [-0.2, -0.15) is 0 Å².